The zero-order valence-electron chi connectivity index (χ0n) is 10.5. The Hall–Kier alpha value is -1.55. The summed E-state index contributed by atoms with van der Waals surface area (Å²) in [6.07, 6.45) is -1.29. The number of nitrogens with one attached hydrogen (secondary N) is 1. The van der Waals surface area contributed by atoms with Crippen LogP contribution in [-0.2, 0) is 10.0 Å². The van der Waals surface area contributed by atoms with Crippen LogP contribution >= 0.6 is 0 Å². The number of halogens is 1. The van der Waals surface area contributed by atoms with Crippen molar-refractivity contribution >= 4 is 16.0 Å². The van der Waals surface area contributed by atoms with Gasteiger partial charge in [-0.25, -0.2) is 22.3 Å². The summed E-state index contributed by atoms with van der Waals surface area (Å²) in [5.74, 6) is -2.59. The lowest BCUT2D eigenvalue weighted by Gasteiger charge is -2.11. The van der Waals surface area contributed by atoms with Crippen LogP contribution in [0.5, 0.6) is 0 Å². The van der Waals surface area contributed by atoms with Gasteiger partial charge in [0.25, 0.3) is 0 Å². The molecule has 0 radical (unpaired) electrons. The highest BCUT2D eigenvalue weighted by molar-refractivity contribution is 7.89. The van der Waals surface area contributed by atoms with Crippen LogP contribution in [0.15, 0.2) is 17.0 Å². The zero-order valence-corrected chi connectivity index (χ0v) is 11.3. The third-order valence-corrected chi connectivity index (χ3v) is 3.89. The van der Waals surface area contributed by atoms with E-state index in [4.69, 9.17) is 15.3 Å². The Labute approximate surface area is 114 Å². The highest BCUT2D eigenvalue weighted by atomic mass is 32.2. The summed E-state index contributed by atoms with van der Waals surface area (Å²) >= 11 is 0. The van der Waals surface area contributed by atoms with Gasteiger partial charge in [0.05, 0.1) is 23.2 Å². The summed E-state index contributed by atoms with van der Waals surface area (Å²) in [6, 6.07) is 1.67. The largest absolute Gasteiger partial charge is 0.478 e. The highest BCUT2D eigenvalue weighted by Crippen LogP contribution is 2.19. The van der Waals surface area contributed by atoms with Crippen molar-refractivity contribution < 1.29 is 32.9 Å². The molecule has 0 saturated heterocycles. The molecule has 1 unspecified atom stereocenters. The number of aliphatic hydroxyl groups is 2. The Morgan fingerprint density at radius 3 is 2.55 bits per heavy atom. The van der Waals surface area contributed by atoms with E-state index in [2.05, 4.69) is 0 Å². The molecule has 0 aromatic heterocycles. The lowest BCUT2D eigenvalue weighted by Crippen LogP contribution is -2.34. The molecule has 0 aliphatic rings. The minimum absolute atomic E-state index is 0.131. The number of sulfonamides is 1. The maximum atomic E-state index is 13.5. The second-order valence-corrected chi connectivity index (χ2v) is 5.86. The first-order valence-electron chi connectivity index (χ1n) is 5.51. The van der Waals surface area contributed by atoms with Gasteiger partial charge in [-0.3, -0.25) is 0 Å². The van der Waals surface area contributed by atoms with Gasteiger partial charge in [0.2, 0.25) is 10.0 Å². The van der Waals surface area contributed by atoms with Crippen molar-refractivity contribution in [1.29, 1.82) is 0 Å². The van der Waals surface area contributed by atoms with Crippen LogP contribution in [-0.4, -0.2) is 49.0 Å². The standard InChI is InChI=1S/C11H14FNO6S/c1-6-2-8(3-9(10(6)12)11(16)17)20(18,19)13-4-7(15)5-14/h2-3,7,13-15H,4-5H2,1H3,(H,16,17). The van der Waals surface area contributed by atoms with E-state index in [-0.39, 0.29) is 5.56 Å². The molecule has 0 heterocycles. The smallest absolute Gasteiger partial charge is 0.338 e. The van der Waals surface area contributed by atoms with E-state index in [0.29, 0.717) is 6.07 Å². The number of aryl methyl sites for hydroxylation is 1. The van der Waals surface area contributed by atoms with Crippen molar-refractivity contribution in [2.75, 3.05) is 13.2 Å². The summed E-state index contributed by atoms with van der Waals surface area (Å²) in [7, 11) is -4.11. The number of carboxylic acid groups (broad SMARTS) is 1. The Morgan fingerprint density at radius 1 is 1.45 bits per heavy atom. The average Bonchev–Trinajstić information content (AvgIpc) is 2.38. The van der Waals surface area contributed by atoms with Crippen molar-refractivity contribution in [3.05, 3.63) is 29.1 Å². The Morgan fingerprint density at radius 2 is 2.05 bits per heavy atom. The molecule has 0 saturated carbocycles. The van der Waals surface area contributed by atoms with Crippen molar-refractivity contribution in [3.63, 3.8) is 0 Å². The van der Waals surface area contributed by atoms with Crippen LogP contribution in [0.2, 0.25) is 0 Å². The van der Waals surface area contributed by atoms with Crippen molar-refractivity contribution in [1.82, 2.24) is 4.72 Å². The SMILES string of the molecule is Cc1cc(S(=O)(=O)NCC(O)CO)cc(C(=O)O)c1F. The first kappa shape index (κ1) is 16.5. The highest BCUT2D eigenvalue weighted by Gasteiger charge is 2.21. The normalized spacial score (nSPS) is 13.2. The molecule has 112 valence electrons. The molecule has 4 N–H and O–H groups in total. The molecule has 20 heavy (non-hydrogen) atoms. The van der Waals surface area contributed by atoms with Gasteiger partial charge in [0.1, 0.15) is 5.82 Å². The van der Waals surface area contributed by atoms with Gasteiger partial charge in [0, 0.05) is 6.54 Å². The number of carboxylic acids is 1. The van der Waals surface area contributed by atoms with Gasteiger partial charge in [-0.05, 0) is 24.6 Å². The van der Waals surface area contributed by atoms with Crippen LogP contribution in [0.4, 0.5) is 4.39 Å². The molecule has 0 amide bonds. The fraction of sp³-hybridized carbons (Fsp3) is 0.364. The quantitative estimate of drug-likeness (QED) is 0.560. The maximum absolute atomic E-state index is 13.5. The molecule has 1 rings (SSSR count). The lowest BCUT2D eigenvalue weighted by atomic mass is 10.1. The third-order valence-electron chi connectivity index (χ3n) is 2.49. The number of aliphatic hydroxyl groups excluding tert-OH is 2. The molecule has 1 aromatic carbocycles. The molecule has 0 aliphatic carbocycles. The summed E-state index contributed by atoms with van der Waals surface area (Å²) in [5.41, 5.74) is -0.888. The summed E-state index contributed by atoms with van der Waals surface area (Å²) in [4.78, 5) is 10.4. The monoisotopic (exact) mass is 307 g/mol. The van der Waals surface area contributed by atoms with E-state index < -0.39 is 51.5 Å². The Bertz CT molecular complexity index is 616. The average molecular weight is 307 g/mol. The van der Waals surface area contributed by atoms with Crippen LogP contribution in [0.3, 0.4) is 0 Å². The van der Waals surface area contributed by atoms with E-state index in [1.165, 1.54) is 6.92 Å². The molecule has 1 atom stereocenters. The minimum Gasteiger partial charge on any atom is -0.478 e. The van der Waals surface area contributed by atoms with E-state index in [9.17, 15) is 17.6 Å². The number of hydrogen-bond donors (Lipinski definition) is 4. The van der Waals surface area contributed by atoms with E-state index in [1.807, 2.05) is 4.72 Å². The van der Waals surface area contributed by atoms with Gasteiger partial charge < -0.3 is 15.3 Å². The number of carbonyl (C=O) groups is 1. The first-order chi connectivity index (χ1) is 9.19. The number of hydrogen-bond acceptors (Lipinski definition) is 5. The van der Waals surface area contributed by atoms with Crippen LogP contribution in [0.25, 0.3) is 0 Å². The fourth-order valence-electron chi connectivity index (χ4n) is 1.40. The summed E-state index contributed by atoms with van der Waals surface area (Å²) < 4.78 is 39.2. The molecule has 0 bridgehead atoms. The van der Waals surface area contributed by atoms with Gasteiger partial charge >= 0.3 is 5.97 Å². The topological polar surface area (TPSA) is 124 Å². The zero-order chi connectivity index (χ0) is 15.5. The third kappa shape index (κ3) is 3.73. The summed E-state index contributed by atoms with van der Waals surface area (Å²) in [6.45, 7) is 0.159. The van der Waals surface area contributed by atoms with E-state index in [1.54, 1.807) is 0 Å². The van der Waals surface area contributed by atoms with Crippen LogP contribution in [0, 0.1) is 12.7 Å². The van der Waals surface area contributed by atoms with Gasteiger partial charge in [-0.2, -0.15) is 0 Å². The molecular weight excluding hydrogens is 293 g/mol. The Balaban J connectivity index is 3.16. The second-order valence-electron chi connectivity index (χ2n) is 4.10. The molecule has 0 aliphatic heterocycles. The number of aromatic carboxylic acids is 1. The molecular formula is C11H14FNO6S. The predicted octanol–water partition coefficient (Wildman–Crippen LogP) is -0.536. The fourth-order valence-corrected chi connectivity index (χ4v) is 2.58. The lowest BCUT2D eigenvalue weighted by molar-refractivity contribution is 0.0691. The maximum Gasteiger partial charge on any atom is 0.338 e. The number of benzene rings is 1. The van der Waals surface area contributed by atoms with E-state index >= 15 is 0 Å². The van der Waals surface area contributed by atoms with Gasteiger partial charge in [0.15, 0.2) is 0 Å². The molecule has 1 aromatic rings. The number of rotatable bonds is 6. The van der Waals surface area contributed by atoms with E-state index in [0.717, 1.165) is 6.07 Å². The van der Waals surface area contributed by atoms with Crippen molar-refractivity contribution in [3.8, 4) is 0 Å². The summed E-state index contributed by atoms with van der Waals surface area (Å²) in [5, 5.41) is 26.5. The minimum atomic E-state index is -4.11. The first-order valence-corrected chi connectivity index (χ1v) is 6.99. The molecule has 9 heteroatoms. The van der Waals surface area contributed by atoms with Crippen molar-refractivity contribution in [2.24, 2.45) is 0 Å². The molecule has 0 fully saturated rings. The predicted molar refractivity (Wildman–Crippen MR) is 66.4 cm³/mol. The van der Waals surface area contributed by atoms with Gasteiger partial charge in [-0.15, -0.1) is 0 Å². The Kier molecular flexibility index (Phi) is 5.17. The molecule has 0 spiro atoms. The van der Waals surface area contributed by atoms with Crippen molar-refractivity contribution in [2.45, 2.75) is 17.9 Å². The molecule has 7 nitrogen and oxygen atoms in total. The second kappa shape index (κ2) is 6.27. The van der Waals surface area contributed by atoms with Crippen LogP contribution in [0.1, 0.15) is 15.9 Å². The van der Waals surface area contributed by atoms with Gasteiger partial charge in [-0.1, -0.05) is 0 Å². The van der Waals surface area contributed by atoms with Crippen LogP contribution < -0.4 is 4.72 Å².